The van der Waals surface area contributed by atoms with Gasteiger partial charge in [0.2, 0.25) is 0 Å². The minimum atomic E-state index is -0.455. The summed E-state index contributed by atoms with van der Waals surface area (Å²) in [6.45, 7) is 0. The average molecular weight is 438 g/mol. The summed E-state index contributed by atoms with van der Waals surface area (Å²) in [6.07, 6.45) is 1.77. The van der Waals surface area contributed by atoms with Gasteiger partial charge in [-0.1, -0.05) is 66.7 Å². The highest BCUT2D eigenvalue weighted by Crippen LogP contribution is 2.41. The van der Waals surface area contributed by atoms with Gasteiger partial charge in [-0.15, -0.1) is 0 Å². The maximum absolute atomic E-state index is 12.8. The molecule has 0 aliphatic heterocycles. The average Bonchev–Trinajstić information content (AvgIpc) is 3.44. The minimum Gasteiger partial charge on any atom is -0.350 e. The zero-order chi connectivity index (χ0) is 22.9. The van der Waals surface area contributed by atoms with E-state index in [4.69, 9.17) is 11.7 Å². The van der Waals surface area contributed by atoms with Gasteiger partial charge in [0.05, 0.1) is 5.52 Å². The predicted octanol–water partition coefficient (Wildman–Crippen LogP) is 3.34. The number of rotatable bonds is 4. The number of aromatic nitrogens is 2. The molecule has 2 aromatic heterocycles. The highest BCUT2D eigenvalue weighted by molar-refractivity contribution is 6.03. The Morgan fingerprint density at radius 2 is 1.48 bits per heavy atom. The highest BCUT2D eigenvalue weighted by Gasteiger charge is 2.30. The van der Waals surface area contributed by atoms with Gasteiger partial charge in [-0.05, 0) is 23.3 Å². The molecule has 5 rings (SSSR count). The first-order valence-electron chi connectivity index (χ1n) is 10.4. The zero-order valence-electron chi connectivity index (χ0n) is 17.6. The first kappa shape index (κ1) is 20.5. The Morgan fingerprint density at radius 3 is 2.21 bits per heavy atom. The number of amides is 2. The van der Waals surface area contributed by atoms with Crippen molar-refractivity contribution in [3.8, 4) is 0 Å². The standard InChI is InChI=1S/C25H22N6O2/c26-29-24(32)23-22(17-11-4-6-12-19(17)28-23)21(15-8-2-1-3-9-15)18-14-31(25(33)30-27)20-13-7-5-10-16(18)20/h1-14,21,28H,26-27H2,(H,29,32)(H,30,33). The number of para-hydroxylation sites is 2. The summed E-state index contributed by atoms with van der Waals surface area (Å²) >= 11 is 0. The van der Waals surface area contributed by atoms with E-state index in [1.807, 2.05) is 78.9 Å². The fourth-order valence-corrected chi connectivity index (χ4v) is 4.54. The Balaban J connectivity index is 1.89. The van der Waals surface area contributed by atoms with Crippen LogP contribution in [-0.2, 0) is 0 Å². The molecular weight excluding hydrogens is 416 g/mol. The Morgan fingerprint density at radius 1 is 0.818 bits per heavy atom. The van der Waals surface area contributed by atoms with Gasteiger partial charge in [0, 0.05) is 34.0 Å². The van der Waals surface area contributed by atoms with Crippen LogP contribution in [0.25, 0.3) is 21.8 Å². The van der Waals surface area contributed by atoms with Gasteiger partial charge in [-0.25, -0.2) is 16.5 Å². The molecule has 1 atom stereocenters. The SMILES string of the molecule is NNC(=O)c1[nH]c2ccccc2c1C(c1ccccc1)c1cn(C(=O)NN)c2ccccc12. The third kappa shape index (κ3) is 3.34. The van der Waals surface area contributed by atoms with Gasteiger partial charge in [-0.2, -0.15) is 0 Å². The lowest BCUT2D eigenvalue weighted by Gasteiger charge is -2.19. The highest BCUT2D eigenvalue weighted by atomic mass is 16.2. The van der Waals surface area contributed by atoms with Crippen LogP contribution in [0, 0.1) is 0 Å². The summed E-state index contributed by atoms with van der Waals surface area (Å²) < 4.78 is 1.48. The van der Waals surface area contributed by atoms with E-state index >= 15 is 0 Å². The molecule has 33 heavy (non-hydrogen) atoms. The Labute approximate surface area is 189 Å². The number of fused-ring (bicyclic) bond motifs is 2. The molecule has 0 aliphatic rings. The van der Waals surface area contributed by atoms with Crippen LogP contribution in [0.4, 0.5) is 4.79 Å². The fraction of sp³-hybridized carbons (Fsp3) is 0.0400. The molecule has 0 radical (unpaired) electrons. The zero-order valence-corrected chi connectivity index (χ0v) is 17.6. The number of nitrogens with zero attached hydrogens (tertiary/aromatic N) is 1. The maximum Gasteiger partial charge on any atom is 0.340 e. The Kier molecular flexibility index (Phi) is 5.14. The Hall–Kier alpha value is -4.40. The molecule has 0 fully saturated rings. The van der Waals surface area contributed by atoms with Crippen LogP contribution in [-0.4, -0.2) is 21.5 Å². The molecule has 0 saturated carbocycles. The number of hydrogen-bond acceptors (Lipinski definition) is 4. The number of benzene rings is 3. The van der Waals surface area contributed by atoms with Gasteiger partial charge < -0.3 is 4.98 Å². The lowest BCUT2D eigenvalue weighted by Crippen LogP contribution is -2.33. The van der Waals surface area contributed by atoms with Gasteiger partial charge in [0.1, 0.15) is 5.69 Å². The van der Waals surface area contributed by atoms with Crippen LogP contribution in [0.15, 0.2) is 85.1 Å². The molecule has 0 aliphatic carbocycles. The molecule has 2 heterocycles. The second kappa shape index (κ2) is 8.27. The van der Waals surface area contributed by atoms with E-state index in [2.05, 4.69) is 15.8 Å². The molecule has 2 amide bonds. The smallest absolute Gasteiger partial charge is 0.340 e. The lowest BCUT2D eigenvalue weighted by molar-refractivity contribution is 0.0948. The number of nitrogen functional groups attached to an aromatic ring is 2. The quantitative estimate of drug-likeness (QED) is 0.167. The number of nitrogens with one attached hydrogen (secondary N) is 3. The summed E-state index contributed by atoms with van der Waals surface area (Å²) in [5.74, 6) is 10.2. The van der Waals surface area contributed by atoms with Crippen LogP contribution >= 0.6 is 0 Å². The summed E-state index contributed by atoms with van der Waals surface area (Å²) in [5.41, 5.74) is 8.95. The van der Waals surface area contributed by atoms with E-state index in [-0.39, 0.29) is 5.92 Å². The normalized spacial score (nSPS) is 12.1. The third-order valence-corrected chi connectivity index (χ3v) is 5.92. The van der Waals surface area contributed by atoms with Gasteiger partial charge in [-0.3, -0.25) is 20.2 Å². The van der Waals surface area contributed by atoms with Crippen molar-refractivity contribution in [2.45, 2.75) is 5.92 Å². The lowest BCUT2D eigenvalue weighted by atomic mass is 9.83. The van der Waals surface area contributed by atoms with Crippen molar-refractivity contribution in [3.05, 3.63) is 107 Å². The van der Waals surface area contributed by atoms with Crippen LogP contribution in [0.1, 0.15) is 33.1 Å². The van der Waals surface area contributed by atoms with Crippen molar-refractivity contribution >= 4 is 33.7 Å². The van der Waals surface area contributed by atoms with Crippen molar-refractivity contribution in [1.82, 2.24) is 20.4 Å². The largest absolute Gasteiger partial charge is 0.350 e. The number of aromatic amines is 1. The first-order chi connectivity index (χ1) is 16.1. The van der Waals surface area contributed by atoms with Crippen LogP contribution in [0.5, 0.6) is 0 Å². The number of nitrogens with two attached hydrogens (primary N) is 2. The summed E-state index contributed by atoms with van der Waals surface area (Å²) in [5, 5.41) is 1.77. The molecule has 7 N–H and O–H groups in total. The summed E-state index contributed by atoms with van der Waals surface area (Å²) in [6, 6.07) is 24.7. The first-order valence-corrected chi connectivity index (χ1v) is 10.4. The van der Waals surface area contributed by atoms with Gasteiger partial charge in [0.15, 0.2) is 0 Å². The van der Waals surface area contributed by atoms with Crippen molar-refractivity contribution in [3.63, 3.8) is 0 Å². The monoisotopic (exact) mass is 438 g/mol. The number of carbonyl (C=O) groups excluding carboxylic acids is 2. The molecule has 3 aromatic carbocycles. The van der Waals surface area contributed by atoms with E-state index in [0.717, 1.165) is 33.0 Å². The number of H-pyrrole nitrogens is 1. The number of hydrazine groups is 2. The van der Waals surface area contributed by atoms with Crippen LogP contribution < -0.4 is 22.5 Å². The van der Waals surface area contributed by atoms with Gasteiger partial charge in [0.25, 0.3) is 5.91 Å². The topological polar surface area (TPSA) is 131 Å². The van der Waals surface area contributed by atoms with E-state index in [9.17, 15) is 9.59 Å². The summed E-state index contributed by atoms with van der Waals surface area (Å²) in [4.78, 5) is 28.6. The Bertz CT molecular complexity index is 1490. The van der Waals surface area contributed by atoms with E-state index in [1.165, 1.54) is 4.57 Å². The minimum absolute atomic E-state index is 0.368. The number of hydrogen-bond donors (Lipinski definition) is 5. The molecule has 5 aromatic rings. The molecule has 0 spiro atoms. The van der Waals surface area contributed by atoms with E-state index in [1.54, 1.807) is 6.20 Å². The van der Waals surface area contributed by atoms with Crippen LogP contribution in [0.3, 0.4) is 0 Å². The molecule has 1 unspecified atom stereocenters. The van der Waals surface area contributed by atoms with E-state index < -0.39 is 11.9 Å². The number of carbonyl (C=O) groups is 2. The summed E-state index contributed by atoms with van der Waals surface area (Å²) in [7, 11) is 0. The van der Waals surface area contributed by atoms with Crippen molar-refractivity contribution in [2.75, 3.05) is 0 Å². The molecule has 0 bridgehead atoms. The second-order valence-corrected chi connectivity index (χ2v) is 7.70. The second-order valence-electron chi connectivity index (χ2n) is 7.70. The van der Waals surface area contributed by atoms with Crippen LogP contribution in [0.2, 0.25) is 0 Å². The van der Waals surface area contributed by atoms with Crippen molar-refractivity contribution in [2.24, 2.45) is 11.7 Å². The maximum atomic E-state index is 12.8. The fourth-order valence-electron chi connectivity index (χ4n) is 4.54. The molecular formula is C25H22N6O2. The molecule has 8 heteroatoms. The molecule has 0 saturated heterocycles. The van der Waals surface area contributed by atoms with Gasteiger partial charge >= 0.3 is 6.03 Å². The predicted molar refractivity (Wildman–Crippen MR) is 127 cm³/mol. The van der Waals surface area contributed by atoms with Crippen molar-refractivity contribution in [1.29, 1.82) is 0 Å². The third-order valence-electron chi connectivity index (χ3n) is 5.92. The molecule has 8 nitrogen and oxygen atoms in total. The van der Waals surface area contributed by atoms with E-state index in [0.29, 0.717) is 11.2 Å². The molecule has 164 valence electrons. The van der Waals surface area contributed by atoms with Crippen molar-refractivity contribution < 1.29 is 9.59 Å².